The Morgan fingerprint density at radius 1 is 0.273 bits per heavy atom. The molecule has 0 N–H and O–H groups in total. The van der Waals surface area contributed by atoms with Crippen LogP contribution in [0.15, 0.2) is 84.9 Å². The van der Waals surface area contributed by atoms with Crippen LogP contribution in [0.5, 0.6) is 0 Å². The molecule has 0 saturated heterocycles. The third kappa shape index (κ3) is 21.1. The molecule has 1 aliphatic carbocycles. The van der Waals surface area contributed by atoms with Gasteiger partial charge in [0.15, 0.2) is 0 Å². The van der Waals surface area contributed by atoms with E-state index in [2.05, 4.69) is 210 Å². The molecule has 0 aromatic heterocycles. The van der Waals surface area contributed by atoms with Crippen LogP contribution in [0.1, 0.15) is 136 Å². The molecular weight excluding hydrogens is 661 g/mol. The Labute approximate surface area is 342 Å². The Morgan fingerprint density at radius 2 is 0.491 bits per heavy atom. The van der Waals surface area contributed by atoms with E-state index in [4.69, 9.17) is 0 Å². The van der Waals surface area contributed by atoms with Gasteiger partial charge in [-0.25, -0.2) is 0 Å². The minimum absolute atomic E-state index is 0. The van der Waals surface area contributed by atoms with Gasteiger partial charge in [-0.3, -0.25) is 0 Å². The van der Waals surface area contributed by atoms with E-state index >= 15 is 0 Å². The van der Waals surface area contributed by atoms with Crippen molar-refractivity contribution in [3.63, 3.8) is 0 Å². The van der Waals surface area contributed by atoms with Gasteiger partial charge < -0.3 is 0 Å². The maximum atomic E-state index is 2.37. The average molecular weight is 743 g/mol. The monoisotopic (exact) mass is 743 g/mol. The summed E-state index contributed by atoms with van der Waals surface area (Å²) in [4.78, 5) is 0. The van der Waals surface area contributed by atoms with Crippen molar-refractivity contribution >= 4 is 0 Å². The van der Waals surface area contributed by atoms with E-state index in [1.807, 2.05) is 0 Å². The smallest absolute Gasteiger partial charge is 0.0392 e. The van der Waals surface area contributed by atoms with Crippen LogP contribution < -0.4 is 0 Å². The highest BCUT2D eigenvalue weighted by Gasteiger charge is 2.13. The second-order valence-electron chi connectivity index (χ2n) is 16.7. The lowest BCUT2D eigenvalue weighted by molar-refractivity contribution is 0.308. The van der Waals surface area contributed by atoms with E-state index in [0.717, 1.165) is 11.8 Å². The molecule has 6 rings (SSSR count). The second-order valence-corrected chi connectivity index (χ2v) is 16.7. The van der Waals surface area contributed by atoms with E-state index < -0.39 is 0 Å². The van der Waals surface area contributed by atoms with Gasteiger partial charge in [0.05, 0.1) is 0 Å². The fourth-order valence-corrected chi connectivity index (χ4v) is 6.35. The molecule has 0 atom stereocenters. The second kappa shape index (κ2) is 26.0. The quantitative estimate of drug-likeness (QED) is 0.148. The standard InChI is InChI=1S/2C10H14.2C9H12.C8H16.C8H10.CH4/c2*1-7-5-8(2)10(4)9(3)6-7;2*1-7-4-5-8(2)9(3)6-7;2*1-7-3-5-8(2)6-4-7;/h2*5-6H,1-4H3;2*4-6H,1-3H3;7-8H,3-6H2,1-2H3;3-6H,1-2H3;1H4. The first-order valence-electron chi connectivity index (χ1n) is 20.4. The third-order valence-electron chi connectivity index (χ3n) is 11.0. The predicted octanol–water partition coefficient (Wildman–Crippen LogP) is 16.8. The molecule has 0 heterocycles. The summed E-state index contributed by atoms with van der Waals surface area (Å²) >= 11 is 0. The van der Waals surface area contributed by atoms with Gasteiger partial charge in [0.2, 0.25) is 0 Å². The first-order chi connectivity index (χ1) is 25.2. The molecule has 1 fully saturated rings. The molecule has 0 radical (unpaired) electrons. The molecule has 5 aromatic rings. The van der Waals surface area contributed by atoms with Crippen molar-refractivity contribution in [2.24, 2.45) is 11.8 Å². The summed E-state index contributed by atoms with van der Waals surface area (Å²) in [5.74, 6) is 2.04. The van der Waals surface area contributed by atoms with E-state index in [0.29, 0.717) is 0 Å². The highest BCUT2D eigenvalue weighted by atomic mass is 14.2. The molecule has 0 amide bonds. The first kappa shape index (κ1) is 51.1. The fraction of sp³-hybridized carbons (Fsp3) is 0.455. The van der Waals surface area contributed by atoms with Gasteiger partial charge in [-0.2, -0.15) is 0 Å². The number of benzene rings is 5. The van der Waals surface area contributed by atoms with Crippen molar-refractivity contribution in [1.29, 1.82) is 0 Å². The predicted molar refractivity (Wildman–Crippen MR) is 252 cm³/mol. The Kier molecular flexibility index (Phi) is 24.2. The summed E-state index contributed by atoms with van der Waals surface area (Å²) in [6, 6.07) is 30.4. The van der Waals surface area contributed by atoms with Crippen LogP contribution in [0.25, 0.3) is 0 Å². The summed E-state index contributed by atoms with van der Waals surface area (Å²) < 4.78 is 0. The van der Waals surface area contributed by atoms with Crippen molar-refractivity contribution in [3.8, 4) is 0 Å². The van der Waals surface area contributed by atoms with Gasteiger partial charge in [-0.1, -0.05) is 165 Å². The summed E-state index contributed by atoms with van der Waals surface area (Å²) in [5, 5.41) is 0. The molecule has 0 spiro atoms. The summed E-state index contributed by atoms with van der Waals surface area (Å²) in [6.45, 7) is 39.0. The molecule has 1 aliphatic rings. The lowest BCUT2D eigenvalue weighted by Crippen LogP contribution is -2.08. The average Bonchev–Trinajstić information content (AvgIpc) is 3.10. The Bertz CT molecular complexity index is 1640. The van der Waals surface area contributed by atoms with Crippen LogP contribution in [0, 0.1) is 123 Å². The summed E-state index contributed by atoms with van der Waals surface area (Å²) in [7, 11) is 0. The normalized spacial score (nSPS) is 13.9. The zero-order valence-corrected chi connectivity index (χ0v) is 38.1. The molecule has 55 heavy (non-hydrogen) atoms. The number of aryl methyl sites for hydroxylation is 14. The number of hydrogen-bond donors (Lipinski definition) is 0. The van der Waals surface area contributed by atoms with Crippen molar-refractivity contribution in [3.05, 3.63) is 174 Å². The lowest BCUT2D eigenvalue weighted by Gasteiger charge is -2.22. The highest BCUT2D eigenvalue weighted by Crippen LogP contribution is 2.27. The zero-order valence-electron chi connectivity index (χ0n) is 38.1. The maximum absolute atomic E-state index is 2.37. The Balaban J connectivity index is 0.000000635. The van der Waals surface area contributed by atoms with Gasteiger partial charge in [0.25, 0.3) is 0 Å². The van der Waals surface area contributed by atoms with Crippen LogP contribution in [0.3, 0.4) is 0 Å². The molecular formula is C55H82. The number of hydrogen-bond acceptors (Lipinski definition) is 0. The SMILES string of the molecule is C.CC1CCC(C)CC1.Cc1cc(C)c(C)c(C)c1.Cc1cc(C)c(C)c(C)c1.Cc1ccc(C)c(C)c1.Cc1ccc(C)c(C)c1.Cc1ccc(C)cc1. The van der Waals surface area contributed by atoms with E-state index in [1.54, 1.807) is 0 Å². The topological polar surface area (TPSA) is 0 Å². The van der Waals surface area contributed by atoms with Gasteiger partial charge in [0.1, 0.15) is 0 Å². The van der Waals surface area contributed by atoms with E-state index in [1.165, 1.54) is 115 Å². The fourth-order valence-electron chi connectivity index (χ4n) is 6.35. The molecule has 0 nitrogen and oxygen atoms in total. The van der Waals surface area contributed by atoms with Crippen molar-refractivity contribution < 1.29 is 0 Å². The highest BCUT2D eigenvalue weighted by molar-refractivity contribution is 5.37. The molecule has 302 valence electrons. The lowest BCUT2D eigenvalue weighted by atomic mass is 9.84. The van der Waals surface area contributed by atoms with Gasteiger partial charge in [-0.05, 0) is 178 Å². The largest absolute Gasteiger partial charge is 0.0776 e. The molecule has 5 aromatic carbocycles. The molecule has 0 heteroatoms. The van der Waals surface area contributed by atoms with Crippen LogP contribution in [-0.4, -0.2) is 0 Å². The van der Waals surface area contributed by atoms with Gasteiger partial charge in [0, 0.05) is 0 Å². The summed E-state index contributed by atoms with van der Waals surface area (Å²) in [5.41, 5.74) is 22.0. The molecule has 0 aliphatic heterocycles. The minimum Gasteiger partial charge on any atom is -0.0776 e. The van der Waals surface area contributed by atoms with Crippen LogP contribution >= 0.6 is 0 Å². The summed E-state index contributed by atoms with van der Waals surface area (Å²) in [6.07, 6.45) is 5.89. The van der Waals surface area contributed by atoms with Crippen LogP contribution in [0.4, 0.5) is 0 Å². The van der Waals surface area contributed by atoms with E-state index in [9.17, 15) is 0 Å². The van der Waals surface area contributed by atoms with Gasteiger partial charge >= 0.3 is 0 Å². The van der Waals surface area contributed by atoms with Crippen LogP contribution in [0.2, 0.25) is 0 Å². The van der Waals surface area contributed by atoms with E-state index in [-0.39, 0.29) is 7.43 Å². The number of rotatable bonds is 0. The first-order valence-corrected chi connectivity index (χ1v) is 20.4. The Hall–Kier alpha value is -3.90. The maximum Gasteiger partial charge on any atom is -0.0392 e. The van der Waals surface area contributed by atoms with Crippen molar-refractivity contribution in [2.45, 2.75) is 158 Å². The molecule has 0 unspecified atom stereocenters. The molecule has 1 saturated carbocycles. The van der Waals surface area contributed by atoms with Crippen molar-refractivity contribution in [2.75, 3.05) is 0 Å². The Morgan fingerprint density at radius 3 is 0.709 bits per heavy atom. The molecule has 0 bridgehead atoms. The van der Waals surface area contributed by atoms with Gasteiger partial charge in [-0.15, -0.1) is 0 Å². The third-order valence-corrected chi connectivity index (χ3v) is 11.0. The minimum atomic E-state index is 0. The van der Waals surface area contributed by atoms with Crippen LogP contribution in [-0.2, 0) is 0 Å². The van der Waals surface area contributed by atoms with Crippen molar-refractivity contribution in [1.82, 2.24) is 0 Å². The zero-order chi connectivity index (χ0) is 41.1.